The SMILES string of the molecule is CCS(=O)(=O)N(c1cc(-n2c(C(F)(F)F)c(N)c(=O)[nH]c2=O)c(F)cc1C#N)S(C)(=O)=O. The van der Waals surface area contributed by atoms with Crippen LogP contribution >= 0.6 is 0 Å². The molecular formula is C15H13F4N5O6S2. The molecule has 17 heteroatoms. The average molecular weight is 499 g/mol. The summed E-state index contributed by atoms with van der Waals surface area (Å²) in [6.07, 6.45) is -5.04. The summed E-state index contributed by atoms with van der Waals surface area (Å²) in [5.74, 6) is -2.47. The van der Waals surface area contributed by atoms with E-state index in [1.165, 1.54) is 11.1 Å². The standard InChI is InChI=1S/C15H13F4N5O6S2/c1-3-32(29,30)24(31(2,27)28)9-5-10(8(16)4-7(9)6-20)23-12(15(17,18)19)11(21)13(25)22-14(23)26/h4-5H,3,21H2,1-2H3,(H,22,25,26). The van der Waals surface area contributed by atoms with Gasteiger partial charge < -0.3 is 5.73 Å². The van der Waals surface area contributed by atoms with Gasteiger partial charge in [0.15, 0.2) is 5.69 Å². The summed E-state index contributed by atoms with van der Waals surface area (Å²) in [5, 5.41) is 9.23. The molecule has 0 unspecified atom stereocenters. The maximum absolute atomic E-state index is 14.7. The Bertz CT molecular complexity index is 1470. The van der Waals surface area contributed by atoms with Gasteiger partial charge in [0.2, 0.25) is 20.0 Å². The van der Waals surface area contributed by atoms with Gasteiger partial charge in [0.05, 0.1) is 28.9 Å². The highest BCUT2D eigenvalue weighted by Crippen LogP contribution is 2.35. The second kappa shape index (κ2) is 7.94. The molecule has 0 aliphatic carbocycles. The van der Waals surface area contributed by atoms with Gasteiger partial charge in [-0.3, -0.25) is 14.3 Å². The topological polar surface area (TPSA) is 176 Å². The second-order valence-corrected chi connectivity index (χ2v) is 10.3. The number of alkyl halides is 3. The molecule has 2 aromatic rings. The van der Waals surface area contributed by atoms with Crippen LogP contribution in [-0.2, 0) is 26.2 Å². The summed E-state index contributed by atoms with van der Waals surface area (Å²) < 4.78 is 104. The van der Waals surface area contributed by atoms with Gasteiger partial charge >= 0.3 is 11.9 Å². The van der Waals surface area contributed by atoms with E-state index >= 15 is 0 Å². The van der Waals surface area contributed by atoms with Crippen molar-refractivity contribution in [3.63, 3.8) is 0 Å². The Morgan fingerprint density at radius 3 is 2.22 bits per heavy atom. The number of rotatable bonds is 5. The van der Waals surface area contributed by atoms with Crippen molar-refractivity contribution in [2.24, 2.45) is 0 Å². The number of hydrogen-bond acceptors (Lipinski definition) is 8. The Hall–Kier alpha value is -3.39. The third-order valence-electron chi connectivity index (χ3n) is 3.96. The number of aromatic amines is 1. The minimum absolute atomic E-state index is 0.238. The van der Waals surface area contributed by atoms with Crippen molar-refractivity contribution in [2.45, 2.75) is 13.1 Å². The molecule has 1 aromatic carbocycles. The molecule has 0 saturated carbocycles. The van der Waals surface area contributed by atoms with Crippen LogP contribution < -0.4 is 20.7 Å². The lowest BCUT2D eigenvalue weighted by Crippen LogP contribution is -2.39. The number of sulfonamides is 2. The second-order valence-electron chi connectivity index (χ2n) is 6.15. The van der Waals surface area contributed by atoms with Gasteiger partial charge in [-0.2, -0.15) is 22.1 Å². The van der Waals surface area contributed by atoms with Crippen LogP contribution in [0.25, 0.3) is 5.69 Å². The van der Waals surface area contributed by atoms with Crippen molar-refractivity contribution in [1.29, 1.82) is 5.26 Å². The van der Waals surface area contributed by atoms with E-state index in [9.17, 15) is 49.2 Å². The zero-order valence-electron chi connectivity index (χ0n) is 16.1. The lowest BCUT2D eigenvalue weighted by Gasteiger charge is -2.24. The third kappa shape index (κ3) is 4.31. The Balaban J connectivity index is 3.15. The number of nitrogen functional groups attached to an aromatic ring is 1. The summed E-state index contributed by atoms with van der Waals surface area (Å²) in [7, 11) is -9.42. The number of nitrogens with two attached hydrogens (primary N) is 1. The average Bonchev–Trinajstić information content (AvgIpc) is 2.63. The summed E-state index contributed by atoms with van der Waals surface area (Å²) in [6.45, 7) is 1.04. The first-order valence-electron chi connectivity index (χ1n) is 8.16. The van der Waals surface area contributed by atoms with Crippen molar-refractivity contribution in [3.05, 3.63) is 50.0 Å². The first-order chi connectivity index (χ1) is 14.5. The van der Waals surface area contributed by atoms with Crippen molar-refractivity contribution >= 4 is 31.4 Å². The largest absolute Gasteiger partial charge is 0.434 e. The van der Waals surface area contributed by atoms with Crippen molar-refractivity contribution in [1.82, 2.24) is 9.55 Å². The van der Waals surface area contributed by atoms with Crippen molar-refractivity contribution in [2.75, 3.05) is 21.5 Å². The Kier molecular flexibility index (Phi) is 6.18. The molecule has 2 rings (SSSR count). The molecule has 1 heterocycles. The monoisotopic (exact) mass is 499 g/mol. The molecular weight excluding hydrogens is 486 g/mol. The van der Waals surface area contributed by atoms with Gasteiger partial charge in [-0.1, -0.05) is 0 Å². The molecule has 1 aromatic heterocycles. The predicted molar refractivity (Wildman–Crippen MR) is 104 cm³/mol. The molecule has 0 aliphatic heterocycles. The Labute approximate surface area is 177 Å². The molecule has 0 bridgehead atoms. The van der Waals surface area contributed by atoms with E-state index in [-0.39, 0.29) is 15.8 Å². The van der Waals surface area contributed by atoms with E-state index in [1.807, 2.05) is 0 Å². The number of benzene rings is 1. The van der Waals surface area contributed by atoms with E-state index in [2.05, 4.69) is 0 Å². The molecule has 32 heavy (non-hydrogen) atoms. The van der Waals surface area contributed by atoms with E-state index < -0.39 is 81.9 Å². The number of nitriles is 1. The van der Waals surface area contributed by atoms with Crippen LogP contribution in [0.15, 0.2) is 21.7 Å². The summed E-state index contributed by atoms with van der Waals surface area (Å²) in [5.41, 5.74) is -5.14. The minimum Gasteiger partial charge on any atom is -0.393 e. The van der Waals surface area contributed by atoms with Gasteiger partial charge in [-0.25, -0.2) is 26.0 Å². The van der Waals surface area contributed by atoms with Crippen molar-refractivity contribution in [3.8, 4) is 11.8 Å². The lowest BCUT2D eigenvalue weighted by atomic mass is 10.1. The quantitative estimate of drug-likeness (QED) is 0.550. The maximum Gasteiger partial charge on any atom is 0.434 e. The van der Waals surface area contributed by atoms with Crippen LogP contribution in [0.2, 0.25) is 0 Å². The van der Waals surface area contributed by atoms with E-state index in [0.29, 0.717) is 6.26 Å². The number of halogens is 4. The molecule has 0 saturated heterocycles. The normalized spacial score (nSPS) is 12.4. The molecule has 0 fully saturated rings. The maximum atomic E-state index is 14.7. The highest BCUT2D eigenvalue weighted by molar-refractivity contribution is 8.09. The Morgan fingerprint density at radius 2 is 1.78 bits per heavy atom. The van der Waals surface area contributed by atoms with Crippen LogP contribution in [0.1, 0.15) is 18.2 Å². The van der Waals surface area contributed by atoms with Crippen LogP contribution in [0.3, 0.4) is 0 Å². The number of nitrogens with zero attached hydrogens (tertiary/aromatic N) is 3. The highest BCUT2D eigenvalue weighted by atomic mass is 32.3. The van der Waals surface area contributed by atoms with Gasteiger partial charge in [0, 0.05) is 0 Å². The van der Waals surface area contributed by atoms with Crippen LogP contribution in [0.5, 0.6) is 0 Å². The molecule has 3 N–H and O–H groups in total. The zero-order valence-corrected chi connectivity index (χ0v) is 17.7. The van der Waals surface area contributed by atoms with Crippen LogP contribution in [-0.4, -0.2) is 38.4 Å². The molecule has 0 atom stereocenters. The Morgan fingerprint density at radius 1 is 1.22 bits per heavy atom. The number of nitrogens with one attached hydrogen (secondary N) is 1. The fourth-order valence-electron chi connectivity index (χ4n) is 2.67. The van der Waals surface area contributed by atoms with Crippen LogP contribution in [0.4, 0.5) is 28.9 Å². The molecule has 0 spiro atoms. The molecule has 0 radical (unpaired) electrons. The molecule has 11 nitrogen and oxygen atoms in total. The van der Waals surface area contributed by atoms with E-state index in [1.54, 1.807) is 0 Å². The highest BCUT2D eigenvalue weighted by Gasteiger charge is 2.40. The summed E-state index contributed by atoms with van der Waals surface area (Å²) in [4.78, 5) is 25.2. The number of anilines is 2. The van der Waals surface area contributed by atoms with E-state index in [0.717, 1.165) is 6.92 Å². The molecule has 0 aliphatic rings. The minimum atomic E-state index is -5.47. The van der Waals surface area contributed by atoms with Gasteiger partial charge in [0.1, 0.15) is 17.6 Å². The van der Waals surface area contributed by atoms with Crippen molar-refractivity contribution < 1.29 is 34.4 Å². The number of H-pyrrole nitrogens is 1. The summed E-state index contributed by atoms with van der Waals surface area (Å²) in [6, 6.07) is 1.83. The lowest BCUT2D eigenvalue weighted by molar-refractivity contribution is -0.142. The predicted octanol–water partition coefficient (Wildman–Crippen LogP) is 0.253. The third-order valence-corrected chi connectivity index (χ3v) is 7.68. The number of aromatic nitrogens is 2. The zero-order chi connectivity index (χ0) is 24.8. The van der Waals surface area contributed by atoms with E-state index in [4.69, 9.17) is 5.73 Å². The summed E-state index contributed by atoms with van der Waals surface area (Å²) >= 11 is 0. The molecule has 0 amide bonds. The fraction of sp³-hybridized carbons (Fsp3) is 0.267. The fourth-order valence-corrected chi connectivity index (χ4v) is 5.83. The van der Waals surface area contributed by atoms with Gasteiger partial charge in [-0.05, 0) is 19.1 Å². The van der Waals surface area contributed by atoms with Gasteiger partial charge in [0.25, 0.3) is 5.56 Å². The first kappa shape index (κ1) is 24.9. The first-order valence-corrected chi connectivity index (χ1v) is 11.6. The van der Waals surface area contributed by atoms with Gasteiger partial charge in [-0.15, -0.1) is 0 Å². The smallest absolute Gasteiger partial charge is 0.393 e. The number of hydrogen-bond donors (Lipinski definition) is 2. The van der Waals surface area contributed by atoms with Crippen LogP contribution in [0, 0.1) is 17.1 Å². The molecule has 174 valence electrons.